The predicted octanol–water partition coefficient (Wildman–Crippen LogP) is 3.95. The molecule has 1 aliphatic heterocycles. The lowest BCUT2D eigenvalue weighted by Crippen LogP contribution is -2.35. The van der Waals surface area contributed by atoms with Gasteiger partial charge in [0, 0.05) is 17.7 Å². The average Bonchev–Trinajstić information content (AvgIpc) is 2.52. The van der Waals surface area contributed by atoms with E-state index in [4.69, 9.17) is 4.74 Å². The molecule has 1 unspecified atom stereocenters. The van der Waals surface area contributed by atoms with Crippen LogP contribution in [0.4, 0.5) is 10.5 Å². The number of ether oxygens (including phenoxy) is 1. The summed E-state index contributed by atoms with van der Waals surface area (Å²) in [5, 5.41) is 5.98. The lowest BCUT2D eigenvalue weighted by Gasteiger charge is -2.26. The van der Waals surface area contributed by atoms with E-state index in [1.54, 1.807) is 0 Å². The lowest BCUT2D eigenvalue weighted by molar-refractivity contribution is 0.232. The highest BCUT2D eigenvalue weighted by molar-refractivity contribution is 5.90. The number of amides is 2. The fourth-order valence-electron chi connectivity index (χ4n) is 2.70. The van der Waals surface area contributed by atoms with Crippen molar-refractivity contribution in [1.82, 2.24) is 5.32 Å². The van der Waals surface area contributed by atoms with Crippen LogP contribution in [0.3, 0.4) is 0 Å². The third-order valence-corrected chi connectivity index (χ3v) is 4.12. The van der Waals surface area contributed by atoms with E-state index in [1.807, 2.05) is 56.3 Å². The average molecular weight is 296 g/mol. The molecule has 0 saturated carbocycles. The van der Waals surface area contributed by atoms with Crippen molar-refractivity contribution in [2.75, 3.05) is 11.9 Å². The lowest BCUT2D eigenvalue weighted by atomic mass is 10.0. The highest BCUT2D eigenvalue weighted by atomic mass is 16.5. The maximum absolute atomic E-state index is 12.3. The summed E-state index contributed by atoms with van der Waals surface area (Å²) in [4.78, 5) is 12.3. The van der Waals surface area contributed by atoms with Gasteiger partial charge in [-0.05, 0) is 37.1 Å². The largest absolute Gasteiger partial charge is 0.493 e. The molecule has 0 fully saturated rings. The summed E-state index contributed by atoms with van der Waals surface area (Å²) in [5.41, 5.74) is 4.13. The van der Waals surface area contributed by atoms with Crippen molar-refractivity contribution in [1.29, 1.82) is 0 Å². The standard InChI is InChI=1S/C18H20N2O2/c1-12-6-5-8-15(13(12)2)19-18(21)20-16-10-11-22-17-9-4-3-7-14(16)17/h3-9,16H,10-11H2,1-2H3,(H2,19,20,21). The highest BCUT2D eigenvalue weighted by Gasteiger charge is 2.22. The number of rotatable bonds is 2. The van der Waals surface area contributed by atoms with E-state index < -0.39 is 0 Å². The molecule has 1 atom stereocenters. The van der Waals surface area contributed by atoms with Crippen molar-refractivity contribution in [3.8, 4) is 5.75 Å². The maximum atomic E-state index is 12.3. The van der Waals surface area contributed by atoms with Crippen LogP contribution in [0.25, 0.3) is 0 Å². The minimum atomic E-state index is -0.185. The van der Waals surface area contributed by atoms with Crippen LogP contribution in [0, 0.1) is 13.8 Å². The zero-order chi connectivity index (χ0) is 15.5. The molecular formula is C18H20N2O2. The quantitative estimate of drug-likeness (QED) is 0.881. The summed E-state index contributed by atoms with van der Waals surface area (Å²) in [7, 11) is 0. The van der Waals surface area contributed by atoms with Crippen LogP contribution >= 0.6 is 0 Å². The molecule has 1 aliphatic rings. The Balaban J connectivity index is 1.72. The van der Waals surface area contributed by atoms with Crippen molar-refractivity contribution in [3.05, 3.63) is 59.2 Å². The molecule has 0 spiro atoms. The van der Waals surface area contributed by atoms with Gasteiger partial charge in [0.1, 0.15) is 5.75 Å². The van der Waals surface area contributed by atoms with Gasteiger partial charge < -0.3 is 15.4 Å². The molecule has 0 saturated heterocycles. The molecule has 0 radical (unpaired) electrons. The maximum Gasteiger partial charge on any atom is 0.319 e. The Morgan fingerprint density at radius 3 is 2.82 bits per heavy atom. The topological polar surface area (TPSA) is 50.4 Å². The molecule has 2 aromatic carbocycles. The van der Waals surface area contributed by atoms with Gasteiger partial charge in [-0.2, -0.15) is 0 Å². The summed E-state index contributed by atoms with van der Waals surface area (Å²) in [6.45, 7) is 4.66. The number of aryl methyl sites for hydroxylation is 1. The van der Waals surface area contributed by atoms with Gasteiger partial charge in [0.25, 0.3) is 0 Å². The molecule has 114 valence electrons. The molecule has 0 aromatic heterocycles. The van der Waals surface area contributed by atoms with Gasteiger partial charge in [-0.3, -0.25) is 0 Å². The first-order valence-electron chi connectivity index (χ1n) is 7.50. The first-order valence-corrected chi connectivity index (χ1v) is 7.50. The Bertz CT molecular complexity index is 697. The monoisotopic (exact) mass is 296 g/mol. The van der Waals surface area contributed by atoms with Crippen LogP contribution in [0.2, 0.25) is 0 Å². The van der Waals surface area contributed by atoms with E-state index in [9.17, 15) is 4.79 Å². The predicted molar refractivity (Wildman–Crippen MR) is 87.4 cm³/mol. The number of nitrogens with one attached hydrogen (secondary N) is 2. The molecule has 0 aliphatic carbocycles. The van der Waals surface area contributed by atoms with Crippen molar-refractivity contribution in [2.24, 2.45) is 0 Å². The van der Waals surface area contributed by atoms with Gasteiger partial charge in [0.05, 0.1) is 12.6 Å². The van der Waals surface area contributed by atoms with E-state index in [-0.39, 0.29) is 12.1 Å². The van der Waals surface area contributed by atoms with Crippen molar-refractivity contribution in [3.63, 3.8) is 0 Å². The number of carbonyl (C=O) groups is 1. The fraction of sp³-hybridized carbons (Fsp3) is 0.278. The number of urea groups is 1. The first-order chi connectivity index (χ1) is 10.6. The molecule has 0 bridgehead atoms. The summed E-state index contributed by atoms with van der Waals surface area (Å²) >= 11 is 0. The number of benzene rings is 2. The fourth-order valence-corrected chi connectivity index (χ4v) is 2.70. The van der Waals surface area contributed by atoms with Gasteiger partial charge in [-0.1, -0.05) is 30.3 Å². The highest BCUT2D eigenvalue weighted by Crippen LogP contribution is 2.31. The molecule has 2 aromatic rings. The number of fused-ring (bicyclic) bond motifs is 1. The van der Waals surface area contributed by atoms with Gasteiger partial charge >= 0.3 is 6.03 Å². The Morgan fingerprint density at radius 1 is 1.14 bits per heavy atom. The van der Waals surface area contributed by atoms with Crippen LogP contribution in [-0.2, 0) is 0 Å². The van der Waals surface area contributed by atoms with Gasteiger partial charge in [0.15, 0.2) is 0 Å². The van der Waals surface area contributed by atoms with E-state index >= 15 is 0 Å². The normalized spacial score (nSPS) is 16.4. The van der Waals surface area contributed by atoms with Crippen LogP contribution in [0.15, 0.2) is 42.5 Å². The molecule has 4 heteroatoms. The minimum Gasteiger partial charge on any atom is -0.493 e. The van der Waals surface area contributed by atoms with Crippen molar-refractivity contribution >= 4 is 11.7 Å². The Hall–Kier alpha value is -2.49. The van der Waals surface area contributed by atoms with E-state index in [0.29, 0.717) is 6.61 Å². The second-order valence-corrected chi connectivity index (χ2v) is 5.57. The molecular weight excluding hydrogens is 276 g/mol. The smallest absolute Gasteiger partial charge is 0.319 e. The number of hydrogen-bond donors (Lipinski definition) is 2. The zero-order valence-electron chi connectivity index (χ0n) is 12.8. The second kappa shape index (κ2) is 6.10. The summed E-state index contributed by atoms with van der Waals surface area (Å²) in [6, 6.07) is 13.5. The third kappa shape index (κ3) is 2.91. The Labute approximate surface area is 130 Å². The molecule has 2 N–H and O–H groups in total. The molecule has 1 heterocycles. The van der Waals surface area contributed by atoms with Gasteiger partial charge in [0.2, 0.25) is 0 Å². The van der Waals surface area contributed by atoms with Gasteiger partial charge in [-0.15, -0.1) is 0 Å². The Morgan fingerprint density at radius 2 is 1.95 bits per heavy atom. The summed E-state index contributed by atoms with van der Waals surface area (Å²) in [5.74, 6) is 0.853. The van der Waals surface area contributed by atoms with Crippen LogP contribution in [-0.4, -0.2) is 12.6 Å². The number of carbonyl (C=O) groups excluding carboxylic acids is 1. The number of hydrogen-bond acceptors (Lipinski definition) is 2. The molecule has 3 rings (SSSR count). The number of para-hydroxylation sites is 1. The second-order valence-electron chi connectivity index (χ2n) is 5.57. The van der Waals surface area contributed by atoms with Crippen molar-refractivity contribution in [2.45, 2.75) is 26.3 Å². The SMILES string of the molecule is Cc1cccc(NC(=O)NC2CCOc3ccccc32)c1C. The van der Waals surface area contributed by atoms with Crippen LogP contribution < -0.4 is 15.4 Å². The van der Waals surface area contributed by atoms with Crippen molar-refractivity contribution < 1.29 is 9.53 Å². The van der Waals surface area contributed by atoms with E-state index in [2.05, 4.69) is 10.6 Å². The van der Waals surface area contributed by atoms with E-state index in [1.165, 1.54) is 0 Å². The van der Waals surface area contributed by atoms with E-state index in [0.717, 1.165) is 34.5 Å². The number of anilines is 1. The first kappa shape index (κ1) is 14.4. The summed E-state index contributed by atoms with van der Waals surface area (Å²) < 4.78 is 5.62. The zero-order valence-corrected chi connectivity index (χ0v) is 12.8. The van der Waals surface area contributed by atoms with Gasteiger partial charge in [-0.25, -0.2) is 4.79 Å². The minimum absolute atomic E-state index is 0.0185. The Kier molecular flexibility index (Phi) is 4.00. The molecule has 4 nitrogen and oxygen atoms in total. The summed E-state index contributed by atoms with van der Waals surface area (Å²) in [6.07, 6.45) is 0.775. The van der Waals surface area contributed by atoms with Crippen LogP contribution in [0.5, 0.6) is 5.75 Å². The third-order valence-electron chi connectivity index (χ3n) is 4.12. The molecule has 22 heavy (non-hydrogen) atoms. The molecule has 2 amide bonds. The van der Waals surface area contributed by atoms with Crippen LogP contribution in [0.1, 0.15) is 29.2 Å².